The van der Waals surface area contributed by atoms with E-state index in [0.29, 0.717) is 43.0 Å². The molecule has 1 aromatic heterocycles. The molecule has 0 radical (unpaired) electrons. The quantitative estimate of drug-likeness (QED) is 0.149. The van der Waals surface area contributed by atoms with E-state index in [1.807, 2.05) is 80.6 Å². The van der Waals surface area contributed by atoms with E-state index < -0.39 is 30.3 Å². The predicted molar refractivity (Wildman–Crippen MR) is 205 cm³/mol. The highest BCUT2D eigenvalue weighted by molar-refractivity contribution is 5.99. The fraction of sp³-hybridized carbons (Fsp3) is 0.366. The van der Waals surface area contributed by atoms with Gasteiger partial charge in [-0.15, -0.1) is 0 Å². The summed E-state index contributed by atoms with van der Waals surface area (Å²) >= 11 is 0. The molecule has 0 bridgehead atoms. The zero-order valence-corrected chi connectivity index (χ0v) is 31.4. The number of carbonyl (C=O) groups excluding carboxylic acids is 5. The molecule has 4 aromatic rings. The number of anilines is 1. The van der Waals surface area contributed by atoms with Gasteiger partial charge in [-0.05, 0) is 66.0 Å². The monoisotopic (exact) mass is 749 g/mol. The van der Waals surface area contributed by atoms with Gasteiger partial charge in [0.2, 0.25) is 11.8 Å². The molecule has 2 aliphatic heterocycles. The van der Waals surface area contributed by atoms with E-state index in [1.165, 1.54) is 14.2 Å². The second-order valence-corrected chi connectivity index (χ2v) is 14.0. The number of hydrogen-bond donors (Lipinski definition) is 4. The molecule has 0 aliphatic carbocycles. The van der Waals surface area contributed by atoms with Crippen LogP contribution < -0.4 is 16.0 Å². The zero-order valence-electron chi connectivity index (χ0n) is 31.4. The van der Waals surface area contributed by atoms with Crippen molar-refractivity contribution >= 4 is 35.6 Å². The molecule has 3 heterocycles. The number of alkyl carbamates (subject to hydrolysis) is 2. The highest BCUT2D eigenvalue weighted by Gasteiger charge is 2.39. The van der Waals surface area contributed by atoms with Gasteiger partial charge in [-0.1, -0.05) is 80.6 Å². The molecule has 2 fully saturated rings. The molecule has 14 heteroatoms. The Kier molecular flexibility index (Phi) is 12.1. The van der Waals surface area contributed by atoms with E-state index in [9.17, 15) is 24.0 Å². The number of methoxy groups -OCH3 is 2. The van der Waals surface area contributed by atoms with Crippen LogP contribution in [0.4, 0.5) is 15.3 Å². The first-order valence-corrected chi connectivity index (χ1v) is 18.5. The summed E-state index contributed by atoms with van der Waals surface area (Å²) in [6.07, 6.45) is 3.15. The number of amides is 5. The van der Waals surface area contributed by atoms with Crippen molar-refractivity contribution in [1.82, 2.24) is 30.4 Å². The number of carbonyl (C=O) groups is 5. The predicted octanol–water partition coefficient (Wildman–Crippen LogP) is 5.81. The molecule has 2 saturated heterocycles. The largest absolute Gasteiger partial charge is 0.453 e. The van der Waals surface area contributed by atoms with E-state index in [-0.39, 0.29) is 29.7 Å². The van der Waals surface area contributed by atoms with Crippen LogP contribution >= 0.6 is 0 Å². The van der Waals surface area contributed by atoms with E-state index >= 15 is 0 Å². The molecule has 0 unspecified atom stereocenters. The van der Waals surface area contributed by atoms with E-state index in [4.69, 9.17) is 9.47 Å². The smallest absolute Gasteiger partial charge is 0.407 e. The number of H-pyrrole nitrogens is 1. The maximum atomic E-state index is 13.8. The lowest BCUT2D eigenvalue weighted by molar-refractivity contribution is -0.139. The second-order valence-electron chi connectivity index (χ2n) is 14.0. The van der Waals surface area contributed by atoms with Crippen LogP contribution in [0.3, 0.4) is 0 Å². The number of nitrogens with one attached hydrogen (secondary N) is 4. The Morgan fingerprint density at radius 2 is 1.35 bits per heavy atom. The van der Waals surface area contributed by atoms with E-state index in [2.05, 4.69) is 25.9 Å². The first-order valence-electron chi connectivity index (χ1n) is 18.5. The Balaban J connectivity index is 1.09. The molecule has 4 atom stereocenters. The number of ether oxygens (including phenoxy) is 2. The average Bonchev–Trinajstić information content (AvgIpc) is 4.01. The lowest BCUT2D eigenvalue weighted by Crippen LogP contribution is -2.54. The number of aromatic amines is 1. The lowest BCUT2D eigenvalue weighted by atomic mass is 10.0. The van der Waals surface area contributed by atoms with Crippen LogP contribution in [0.5, 0.6) is 0 Å². The van der Waals surface area contributed by atoms with Crippen LogP contribution in [0, 0.1) is 5.92 Å². The van der Waals surface area contributed by atoms with Crippen LogP contribution in [0.15, 0.2) is 85.1 Å². The number of nitrogens with zero attached hydrogens (tertiary/aromatic N) is 3. The first-order chi connectivity index (χ1) is 26.6. The summed E-state index contributed by atoms with van der Waals surface area (Å²) in [5.41, 5.74) is 4.94. The van der Waals surface area contributed by atoms with Crippen molar-refractivity contribution in [3.05, 3.63) is 96.4 Å². The zero-order chi connectivity index (χ0) is 39.1. The Morgan fingerprint density at radius 1 is 0.745 bits per heavy atom. The molecule has 6 rings (SSSR count). The van der Waals surface area contributed by atoms with Gasteiger partial charge >= 0.3 is 12.2 Å². The number of imidazole rings is 1. The second kappa shape index (κ2) is 17.3. The number of aromatic nitrogens is 2. The summed E-state index contributed by atoms with van der Waals surface area (Å²) < 4.78 is 9.50. The minimum Gasteiger partial charge on any atom is -0.453 e. The van der Waals surface area contributed by atoms with Gasteiger partial charge in [0.05, 0.1) is 32.2 Å². The van der Waals surface area contributed by atoms with Crippen molar-refractivity contribution in [2.24, 2.45) is 5.92 Å². The fourth-order valence-corrected chi connectivity index (χ4v) is 7.24. The van der Waals surface area contributed by atoms with Crippen molar-refractivity contribution in [2.75, 3.05) is 32.6 Å². The summed E-state index contributed by atoms with van der Waals surface area (Å²) in [5.74, 6) is -0.322. The number of rotatable bonds is 11. The van der Waals surface area contributed by atoms with E-state index in [0.717, 1.165) is 35.2 Å². The van der Waals surface area contributed by atoms with Crippen LogP contribution in [0.25, 0.3) is 22.4 Å². The summed E-state index contributed by atoms with van der Waals surface area (Å²) in [6, 6.07) is 22.0. The van der Waals surface area contributed by atoms with Crippen LogP contribution in [-0.2, 0) is 23.9 Å². The Labute approximate surface area is 320 Å². The van der Waals surface area contributed by atoms with E-state index in [1.54, 1.807) is 28.1 Å². The van der Waals surface area contributed by atoms with Gasteiger partial charge in [-0.3, -0.25) is 14.4 Å². The highest BCUT2D eigenvalue weighted by Crippen LogP contribution is 2.34. The summed E-state index contributed by atoms with van der Waals surface area (Å²) in [4.78, 5) is 76.0. The van der Waals surface area contributed by atoms with Gasteiger partial charge in [0.25, 0.3) is 5.91 Å². The molecule has 4 N–H and O–H groups in total. The summed E-state index contributed by atoms with van der Waals surface area (Å²) in [7, 11) is 2.51. The molecular formula is C41H47N7O7. The van der Waals surface area contributed by atoms with Gasteiger partial charge in [-0.25, -0.2) is 14.6 Å². The highest BCUT2D eigenvalue weighted by atomic mass is 16.5. The van der Waals surface area contributed by atoms with Crippen molar-refractivity contribution < 1.29 is 33.4 Å². The minimum absolute atomic E-state index is 0.188. The third-order valence-electron chi connectivity index (χ3n) is 10.2. The Bertz CT molecular complexity index is 1980. The maximum Gasteiger partial charge on any atom is 0.407 e. The molecule has 14 nitrogen and oxygen atoms in total. The third-order valence-corrected chi connectivity index (χ3v) is 10.2. The average molecular weight is 750 g/mol. The molecule has 3 aromatic carbocycles. The van der Waals surface area contributed by atoms with Gasteiger partial charge in [0.15, 0.2) is 0 Å². The molecular weight excluding hydrogens is 702 g/mol. The molecule has 288 valence electrons. The molecule has 5 amide bonds. The number of benzene rings is 3. The molecule has 0 saturated carbocycles. The van der Waals surface area contributed by atoms with Gasteiger partial charge in [0.1, 0.15) is 23.9 Å². The topological polar surface area (TPSA) is 175 Å². The molecule has 2 aliphatic rings. The Morgan fingerprint density at radius 3 is 2.00 bits per heavy atom. The van der Waals surface area contributed by atoms with Crippen LogP contribution in [0.1, 0.15) is 63.0 Å². The van der Waals surface area contributed by atoms with Crippen LogP contribution in [0.2, 0.25) is 0 Å². The van der Waals surface area contributed by atoms with Crippen molar-refractivity contribution in [3.8, 4) is 22.4 Å². The van der Waals surface area contributed by atoms with Gasteiger partial charge in [0, 0.05) is 18.8 Å². The number of likely N-dealkylation sites (tertiary alicyclic amines) is 2. The van der Waals surface area contributed by atoms with Crippen LogP contribution in [-0.4, -0.2) is 89.1 Å². The summed E-state index contributed by atoms with van der Waals surface area (Å²) in [6.45, 7) is 4.64. The van der Waals surface area contributed by atoms with Gasteiger partial charge in [-0.2, -0.15) is 0 Å². The first kappa shape index (κ1) is 38.5. The standard InChI is InChI=1S/C41H47N7O7/c1-25(2)34(45-40(52)54-3)38(50)48-23-9-13-33(48)37(49)43-30-20-18-27(19-21-30)26-14-16-28(17-15-26)31-24-42-36(44-31)32-12-8-22-47(32)39(51)35(46-41(53)55-4)29-10-6-5-7-11-29/h5-7,10-11,14-21,24-25,32-35H,8-9,12-13,22-23H2,1-4H3,(H,42,44)(H,43,49)(H,45,52)(H,46,53)/t32-,33-,34-,35+/m0/s1. The van der Waals surface area contributed by atoms with Crippen molar-refractivity contribution in [3.63, 3.8) is 0 Å². The van der Waals surface area contributed by atoms with Crippen molar-refractivity contribution in [2.45, 2.75) is 63.7 Å². The number of hydrogen-bond acceptors (Lipinski definition) is 8. The maximum absolute atomic E-state index is 13.8. The lowest BCUT2D eigenvalue weighted by Gasteiger charge is -2.30. The SMILES string of the molecule is COC(=O)N[C@H](C(=O)N1CCC[C@H]1C(=O)Nc1ccc(-c2ccc(-c3cnc([C@@H]4CCCN4C(=O)[C@H](NC(=O)OC)c4ccccc4)[nH]3)cc2)cc1)C(C)C. The van der Waals surface area contributed by atoms with Gasteiger partial charge < -0.3 is 40.2 Å². The summed E-state index contributed by atoms with van der Waals surface area (Å²) in [5, 5.41) is 8.25. The molecule has 55 heavy (non-hydrogen) atoms. The fourth-order valence-electron chi connectivity index (χ4n) is 7.24. The Hall–Kier alpha value is -6.18. The third kappa shape index (κ3) is 8.80. The normalized spacial score (nSPS) is 17.7. The molecule has 0 spiro atoms. The minimum atomic E-state index is -0.893. The van der Waals surface area contributed by atoms with Crippen molar-refractivity contribution in [1.29, 1.82) is 0 Å².